The van der Waals surface area contributed by atoms with Crippen LogP contribution in [0.25, 0.3) is 22.2 Å². The van der Waals surface area contributed by atoms with Crippen LogP contribution in [0.15, 0.2) is 47.2 Å². The number of benzene rings is 1. The molecule has 1 aromatic carbocycles. The fraction of sp³-hybridized carbons (Fsp3) is 0.0714. The lowest BCUT2D eigenvalue weighted by atomic mass is 10.1. The highest BCUT2D eigenvalue weighted by atomic mass is 32.1. The lowest BCUT2D eigenvalue weighted by Crippen LogP contribution is -1.84. The molecule has 0 saturated carbocycles. The molecule has 16 heavy (non-hydrogen) atoms. The van der Waals surface area contributed by atoms with Gasteiger partial charge in [-0.3, -0.25) is 0 Å². The molecule has 0 radical (unpaired) electrons. The van der Waals surface area contributed by atoms with Crippen LogP contribution in [0.3, 0.4) is 0 Å². The summed E-state index contributed by atoms with van der Waals surface area (Å²) in [4.78, 5) is 4.67. The van der Waals surface area contributed by atoms with Crippen LogP contribution in [0.4, 0.5) is 0 Å². The molecule has 2 heteroatoms. The molecule has 0 N–H and O–H groups in total. The van der Waals surface area contributed by atoms with Gasteiger partial charge in [0, 0.05) is 16.3 Å². The Morgan fingerprint density at radius 2 is 2.00 bits per heavy atom. The average molecular weight is 225 g/mol. The van der Waals surface area contributed by atoms with Crippen molar-refractivity contribution in [3.05, 3.63) is 52.7 Å². The number of hydrogen-bond acceptors (Lipinski definition) is 2. The van der Waals surface area contributed by atoms with E-state index in [1.165, 1.54) is 16.5 Å². The Morgan fingerprint density at radius 3 is 2.81 bits per heavy atom. The molecule has 0 atom stereocenters. The van der Waals surface area contributed by atoms with E-state index in [0.717, 1.165) is 11.2 Å². The highest BCUT2D eigenvalue weighted by molar-refractivity contribution is 7.08. The highest BCUT2D eigenvalue weighted by Crippen LogP contribution is 2.23. The van der Waals surface area contributed by atoms with E-state index in [9.17, 15) is 0 Å². The van der Waals surface area contributed by atoms with Crippen molar-refractivity contribution in [2.24, 2.45) is 0 Å². The molecule has 0 amide bonds. The monoisotopic (exact) mass is 225 g/mol. The number of hydrogen-bond donors (Lipinski definition) is 0. The van der Waals surface area contributed by atoms with E-state index in [2.05, 4.69) is 59.1 Å². The van der Waals surface area contributed by atoms with E-state index < -0.39 is 0 Å². The molecule has 78 valence electrons. The number of aryl methyl sites for hydroxylation is 1. The molecular weight excluding hydrogens is 214 g/mol. The lowest BCUT2D eigenvalue weighted by molar-refractivity contribution is 1.39. The first kappa shape index (κ1) is 9.55. The van der Waals surface area contributed by atoms with Gasteiger partial charge < -0.3 is 0 Å². The lowest BCUT2D eigenvalue weighted by Gasteiger charge is -2.02. The molecule has 3 rings (SSSR count). The number of pyridine rings is 1. The third kappa shape index (κ3) is 1.61. The van der Waals surface area contributed by atoms with Crippen LogP contribution in [0, 0.1) is 6.92 Å². The molecule has 0 spiro atoms. The van der Waals surface area contributed by atoms with E-state index in [0.29, 0.717) is 0 Å². The summed E-state index contributed by atoms with van der Waals surface area (Å²) in [6.07, 6.45) is 0. The summed E-state index contributed by atoms with van der Waals surface area (Å²) in [5.41, 5.74) is 4.59. The van der Waals surface area contributed by atoms with Crippen LogP contribution in [0.1, 0.15) is 5.56 Å². The topological polar surface area (TPSA) is 12.9 Å². The summed E-state index contributed by atoms with van der Waals surface area (Å²) in [5.74, 6) is 0. The van der Waals surface area contributed by atoms with Gasteiger partial charge >= 0.3 is 0 Å². The van der Waals surface area contributed by atoms with Crippen molar-refractivity contribution >= 4 is 22.2 Å². The predicted octanol–water partition coefficient (Wildman–Crippen LogP) is 4.27. The zero-order chi connectivity index (χ0) is 11.0. The van der Waals surface area contributed by atoms with E-state index in [-0.39, 0.29) is 0 Å². The average Bonchev–Trinajstić information content (AvgIpc) is 2.82. The van der Waals surface area contributed by atoms with Crippen LogP contribution < -0.4 is 0 Å². The van der Waals surface area contributed by atoms with Gasteiger partial charge in [0.25, 0.3) is 0 Å². The van der Waals surface area contributed by atoms with Crippen molar-refractivity contribution < 1.29 is 0 Å². The Kier molecular flexibility index (Phi) is 2.22. The summed E-state index contributed by atoms with van der Waals surface area (Å²) >= 11 is 1.70. The molecule has 2 aromatic heterocycles. The zero-order valence-electron chi connectivity index (χ0n) is 8.97. The predicted molar refractivity (Wildman–Crippen MR) is 69.8 cm³/mol. The second-order valence-corrected chi connectivity index (χ2v) is 4.68. The Balaban J connectivity index is 2.20. The largest absolute Gasteiger partial charge is 0.248 e. The maximum Gasteiger partial charge on any atom is 0.0718 e. The summed E-state index contributed by atoms with van der Waals surface area (Å²) in [6.45, 7) is 2.10. The number of aromatic nitrogens is 1. The Morgan fingerprint density at radius 1 is 1.06 bits per heavy atom. The Hall–Kier alpha value is -1.67. The van der Waals surface area contributed by atoms with Gasteiger partial charge in [0.05, 0.1) is 11.2 Å². The molecule has 1 nitrogen and oxygen atoms in total. The van der Waals surface area contributed by atoms with Gasteiger partial charge in [0.2, 0.25) is 0 Å². The van der Waals surface area contributed by atoms with Crippen LogP contribution in [-0.2, 0) is 0 Å². The number of fused-ring (bicyclic) bond motifs is 1. The van der Waals surface area contributed by atoms with E-state index in [1.807, 2.05) is 0 Å². The summed E-state index contributed by atoms with van der Waals surface area (Å²) in [6, 6.07) is 12.7. The molecule has 0 fully saturated rings. The van der Waals surface area contributed by atoms with Gasteiger partial charge in [0.15, 0.2) is 0 Å². The zero-order valence-corrected chi connectivity index (χ0v) is 9.79. The third-order valence-electron chi connectivity index (χ3n) is 2.66. The SMILES string of the molecule is Cc1ccc2nc(-c3ccsc3)ccc2c1. The summed E-state index contributed by atoms with van der Waals surface area (Å²) in [5, 5.41) is 5.41. The normalized spacial score (nSPS) is 10.8. The van der Waals surface area contributed by atoms with Crippen LogP contribution in [0.5, 0.6) is 0 Å². The van der Waals surface area contributed by atoms with Crippen molar-refractivity contribution in [2.45, 2.75) is 6.92 Å². The first-order valence-corrected chi connectivity index (χ1v) is 6.17. The fourth-order valence-electron chi connectivity index (χ4n) is 1.82. The van der Waals surface area contributed by atoms with Crippen LogP contribution in [0.2, 0.25) is 0 Å². The summed E-state index contributed by atoms with van der Waals surface area (Å²) in [7, 11) is 0. The second-order valence-electron chi connectivity index (χ2n) is 3.90. The smallest absolute Gasteiger partial charge is 0.0718 e. The molecule has 2 heterocycles. The molecule has 0 bridgehead atoms. The Labute approximate surface area is 98.4 Å². The minimum atomic E-state index is 1.05. The minimum Gasteiger partial charge on any atom is -0.248 e. The molecule has 0 saturated heterocycles. The van der Waals surface area contributed by atoms with E-state index in [1.54, 1.807) is 11.3 Å². The maximum absolute atomic E-state index is 4.67. The summed E-state index contributed by atoms with van der Waals surface area (Å²) < 4.78 is 0. The van der Waals surface area contributed by atoms with Crippen molar-refractivity contribution in [2.75, 3.05) is 0 Å². The minimum absolute atomic E-state index is 1.05. The Bertz CT molecular complexity index is 626. The molecule has 3 aromatic rings. The first-order valence-electron chi connectivity index (χ1n) is 5.23. The standard InChI is InChI=1S/C14H11NS/c1-10-2-4-13-11(8-10)3-5-14(15-13)12-6-7-16-9-12/h2-9H,1H3. The van der Waals surface area contributed by atoms with Gasteiger partial charge in [-0.15, -0.1) is 0 Å². The second kappa shape index (κ2) is 3.72. The first-order chi connectivity index (χ1) is 7.83. The molecule has 0 aliphatic rings. The van der Waals surface area contributed by atoms with Crippen molar-refractivity contribution in [3.8, 4) is 11.3 Å². The quantitative estimate of drug-likeness (QED) is 0.602. The van der Waals surface area contributed by atoms with Crippen LogP contribution >= 0.6 is 11.3 Å². The van der Waals surface area contributed by atoms with Crippen molar-refractivity contribution in [3.63, 3.8) is 0 Å². The molecule has 0 unspecified atom stereocenters. The third-order valence-corrected chi connectivity index (χ3v) is 3.34. The van der Waals surface area contributed by atoms with Gasteiger partial charge in [-0.05, 0) is 36.6 Å². The maximum atomic E-state index is 4.67. The van der Waals surface area contributed by atoms with Gasteiger partial charge in [-0.2, -0.15) is 11.3 Å². The number of rotatable bonds is 1. The fourth-order valence-corrected chi connectivity index (χ4v) is 2.47. The molecule has 0 aliphatic carbocycles. The van der Waals surface area contributed by atoms with E-state index in [4.69, 9.17) is 0 Å². The number of thiophene rings is 1. The van der Waals surface area contributed by atoms with Crippen molar-refractivity contribution in [1.29, 1.82) is 0 Å². The van der Waals surface area contributed by atoms with Gasteiger partial charge in [-0.1, -0.05) is 17.7 Å². The molecule has 0 aliphatic heterocycles. The highest BCUT2D eigenvalue weighted by Gasteiger charge is 2.01. The number of nitrogens with zero attached hydrogens (tertiary/aromatic N) is 1. The van der Waals surface area contributed by atoms with E-state index >= 15 is 0 Å². The van der Waals surface area contributed by atoms with Crippen LogP contribution in [-0.4, -0.2) is 4.98 Å². The molecular formula is C14H11NS. The van der Waals surface area contributed by atoms with Gasteiger partial charge in [-0.25, -0.2) is 4.98 Å². The van der Waals surface area contributed by atoms with Gasteiger partial charge in [0.1, 0.15) is 0 Å². The van der Waals surface area contributed by atoms with Crippen molar-refractivity contribution in [1.82, 2.24) is 4.98 Å².